The van der Waals surface area contributed by atoms with Gasteiger partial charge in [0, 0.05) is 12.0 Å². The molecule has 1 fully saturated rings. The highest BCUT2D eigenvalue weighted by Gasteiger charge is 2.28. The summed E-state index contributed by atoms with van der Waals surface area (Å²) >= 11 is 0. The lowest BCUT2D eigenvalue weighted by Crippen LogP contribution is -2.31. The lowest BCUT2D eigenvalue weighted by molar-refractivity contribution is 0.0505. The van der Waals surface area contributed by atoms with Gasteiger partial charge in [0.05, 0.1) is 0 Å². The first-order valence-electron chi connectivity index (χ1n) is 6.75. The SMILES string of the molecule is CC(C)(C)OC(=O)n1ncnc1[C@H]1CC[C@H](N)CC1. The Labute approximate surface area is 113 Å². The van der Waals surface area contributed by atoms with E-state index in [1.807, 2.05) is 20.8 Å². The quantitative estimate of drug-likeness (QED) is 0.841. The summed E-state index contributed by atoms with van der Waals surface area (Å²) in [6.45, 7) is 5.50. The van der Waals surface area contributed by atoms with Crippen LogP contribution in [0.2, 0.25) is 0 Å². The van der Waals surface area contributed by atoms with Crippen LogP contribution in [0.4, 0.5) is 4.79 Å². The van der Waals surface area contributed by atoms with Gasteiger partial charge in [-0.2, -0.15) is 0 Å². The number of rotatable bonds is 1. The fourth-order valence-electron chi connectivity index (χ4n) is 2.35. The summed E-state index contributed by atoms with van der Waals surface area (Å²) in [7, 11) is 0. The van der Waals surface area contributed by atoms with Gasteiger partial charge >= 0.3 is 6.09 Å². The van der Waals surface area contributed by atoms with E-state index in [1.54, 1.807) is 0 Å². The minimum atomic E-state index is -0.533. The molecular weight excluding hydrogens is 244 g/mol. The molecule has 0 unspecified atom stereocenters. The molecule has 0 saturated heterocycles. The van der Waals surface area contributed by atoms with Crippen molar-refractivity contribution in [2.45, 2.75) is 64.0 Å². The number of carbonyl (C=O) groups excluding carboxylic acids is 1. The van der Waals surface area contributed by atoms with Crippen molar-refractivity contribution in [3.05, 3.63) is 12.2 Å². The van der Waals surface area contributed by atoms with Crippen LogP contribution < -0.4 is 5.73 Å². The zero-order valence-corrected chi connectivity index (χ0v) is 11.8. The van der Waals surface area contributed by atoms with Crippen LogP contribution in [0.15, 0.2) is 6.33 Å². The third-order valence-corrected chi connectivity index (χ3v) is 3.28. The molecule has 2 N–H and O–H groups in total. The van der Waals surface area contributed by atoms with Crippen molar-refractivity contribution in [2.24, 2.45) is 5.73 Å². The maximum atomic E-state index is 12.1. The van der Waals surface area contributed by atoms with Crippen LogP contribution in [0.1, 0.15) is 58.2 Å². The molecule has 0 aromatic carbocycles. The van der Waals surface area contributed by atoms with Crippen molar-refractivity contribution in [3.8, 4) is 0 Å². The van der Waals surface area contributed by atoms with Crippen LogP contribution in [-0.4, -0.2) is 32.5 Å². The predicted molar refractivity (Wildman–Crippen MR) is 70.8 cm³/mol. The highest BCUT2D eigenvalue weighted by molar-refractivity contribution is 5.70. The molecule has 19 heavy (non-hydrogen) atoms. The first-order valence-corrected chi connectivity index (χ1v) is 6.75. The topological polar surface area (TPSA) is 83.0 Å². The van der Waals surface area contributed by atoms with Gasteiger partial charge in [-0.3, -0.25) is 0 Å². The molecule has 0 spiro atoms. The third-order valence-electron chi connectivity index (χ3n) is 3.28. The number of hydrogen-bond donors (Lipinski definition) is 1. The molecule has 2 rings (SSSR count). The van der Waals surface area contributed by atoms with Gasteiger partial charge in [0.15, 0.2) is 0 Å². The number of nitrogens with two attached hydrogens (primary N) is 1. The van der Waals surface area contributed by atoms with Gasteiger partial charge in [-0.15, -0.1) is 9.78 Å². The van der Waals surface area contributed by atoms with E-state index in [-0.39, 0.29) is 12.0 Å². The largest absolute Gasteiger partial charge is 0.442 e. The maximum absolute atomic E-state index is 12.1. The zero-order valence-electron chi connectivity index (χ0n) is 11.8. The number of ether oxygens (including phenoxy) is 1. The molecular formula is C13H22N4O2. The molecule has 1 aliphatic carbocycles. The normalized spacial score (nSPS) is 24.2. The van der Waals surface area contributed by atoms with E-state index in [9.17, 15) is 4.79 Å². The molecule has 1 aromatic rings. The number of nitrogens with zero attached hydrogens (tertiary/aromatic N) is 3. The average Bonchev–Trinajstić information content (AvgIpc) is 2.76. The van der Waals surface area contributed by atoms with Gasteiger partial charge in [0.25, 0.3) is 0 Å². The van der Waals surface area contributed by atoms with Gasteiger partial charge < -0.3 is 10.5 Å². The Morgan fingerprint density at radius 2 is 2.00 bits per heavy atom. The summed E-state index contributed by atoms with van der Waals surface area (Å²) < 4.78 is 6.62. The average molecular weight is 266 g/mol. The van der Waals surface area contributed by atoms with Crippen molar-refractivity contribution in [2.75, 3.05) is 0 Å². The molecule has 1 aliphatic rings. The Bertz CT molecular complexity index is 442. The first-order chi connectivity index (χ1) is 8.87. The Morgan fingerprint density at radius 1 is 1.37 bits per heavy atom. The van der Waals surface area contributed by atoms with Crippen LogP contribution in [0.5, 0.6) is 0 Å². The summed E-state index contributed by atoms with van der Waals surface area (Å²) in [5.74, 6) is 0.941. The van der Waals surface area contributed by atoms with E-state index in [0.717, 1.165) is 25.7 Å². The molecule has 1 aromatic heterocycles. The van der Waals surface area contributed by atoms with E-state index in [2.05, 4.69) is 10.1 Å². The number of carbonyl (C=O) groups is 1. The Morgan fingerprint density at radius 3 is 2.58 bits per heavy atom. The molecule has 0 aliphatic heterocycles. The first kappa shape index (κ1) is 14.0. The van der Waals surface area contributed by atoms with Crippen LogP contribution in [0.3, 0.4) is 0 Å². The van der Waals surface area contributed by atoms with Crippen LogP contribution in [-0.2, 0) is 4.74 Å². The lowest BCUT2D eigenvalue weighted by atomic mass is 9.86. The fourth-order valence-corrected chi connectivity index (χ4v) is 2.35. The summed E-state index contributed by atoms with van der Waals surface area (Å²) in [5, 5.41) is 3.99. The van der Waals surface area contributed by atoms with Crippen LogP contribution in [0, 0.1) is 0 Å². The van der Waals surface area contributed by atoms with Crippen molar-refractivity contribution >= 4 is 6.09 Å². The van der Waals surface area contributed by atoms with Gasteiger partial charge in [0.2, 0.25) is 0 Å². The Hall–Kier alpha value is -1.43. The van der Waals surface area contributed by atoms with E-state index >= 15 is 0 Å². The fraction of sp³-hybridized carbons (Fsp3) is 0.769. The van der Waals surface area contributed by atoms with E-state index in [1.165, 1.54) is 11.0 Å². The number of hydrogen-bond acceptors (Lipinski definition) is 5. The highest BCUT2D eigenvalue weighted by atomic mass is 16.6. The summed E-state index contributed by atoms with van der Waals surface area (Å²) in [6.07, 6.45) is 4.77. The second kappa shape index (κ2) is 5.28. The van der Waals surface area contributed by atoms with Crippen LogP contribution >= 0.6 is 0 Å². The second-order valence-corrected chi connectivity index (χ2v) is 6.12. The van der Waals surface area contributed by atoms with Crippen molar-refractivity contribution in [1.29, 1.82) is 0 Å². The predicted octanol–water partition coefficient (Wildman–Crippen LogP) is 2.05. The zero-order chi connectivity index (χ0) is 14.0. The molecule has 106 valence electrons. The highest BCUT2D eigenvalue weighted by Crippen LogP contribution is 2.31. The van der Waals surface area contributed by atoms with Crippen molar-refractivity contribution < 1.29 is 9.53 Å². The Kier molecular flexibility index (Phi) is 3.89. The molecule has 0 amide bonds. The minimum Gasteiger partial charge on any atom is -0.442 e. The Balaban J connectivity index is 2.11. The van der Waals surface area contributed by atoms with Crippen molar-refractivity contribution in [3.63, 3.8) is 0 Å². The second-order valence-electron chi connectivity index (χ2n) is 6.12. The number of aromatic nitrogens is 3. The minimum absolute atomic E-state index is 0.245. The molecule has 6 nitrogen and oxygen atoms in total. The molecule has 0 bridgehead atoms. The maximum Gasteiger partial charge on any atom is 0.436 e. The summed E-state index contributed by atoms with van der Waals surface area (Å²) in [4.78, 5) is 16.3. The van der Waals surface area contributed by atoms with Gasteiger partial charge in [0.1, 0.15) is 17.8 Å². The molecule has 0 radical (unpaired) electrons. The monoisotopic (exact) mass is 266 g/mol. The van der Waals surface area contributed by atoms with E-state index in [4.69, 9.17) is 10.5 Å². The summed E-state index contributed by atoms with van der Waals surface area (Å²) in [5.41, 5.74) is 5.36. The van der Waals surface area contributed by atoms with Gasteiger partial charge in [-0.1, -0.05) is 0 Å². The lowest BCUT2D eigenvalue weighted by Gasteiger charge is -2.26. The molecule has 1 heterocycles. The van der Waals surface area contributed by atoms with Gasteiger partial charge in [-0.05, 0) is 46.5 Å². The smallest absolute Gasteiger partial charge is 0.436 e. The standard InChI is InChI=1S/C13H22N4O2/c1-13(2,3)19-12(18)17-11(15-8-16-17)9-4-6-10(14)7-5-9/h8-10H,4-7,14H2,1-3H3/t9-,10-. The molecule has 6 heteroatoms. The van der Waals surface area contributed by atoms with Gasteiger partial charge in [-0.25, -0.2) is 9.78 Å². The van der Waals surface area contributed by atoms with Crippen LogP contribution in [0.25, 0.3) is 0 Å². The van der Waals surface area contributed by atoms with Crippen molar-refractivity contribution in [1.82, 2.24) is 14.8 Å². The molecule has 0 atom stereocenters. The van der Waals surface area contributed by atoms with E-state index < -0.39 is 11.7 Å². The molecule has 1 saturated carbocycles. The summed E-state index contributed by atoms with van der Waals surface area (Å²) in [6, 6.07) is 0.272. The third kappa shape index (κ3) is 3.53. The van der Waals surface area contributed by atoms with E-state index in [0.29, 0.717) is 5.82 Å².